The Bertz CT molecular complexity index is 667. The first-order valence-electron chi connectivity index (χ1n) is 19.2. The van der Waals surface area contributed by atoms with E-state index in [1.54, 1.807) is 0 Å². The van der Waals surface area contributed by atoms with Crippen LogP contribution < -0.4 is 0 Å². The number of ether oxygens (including phenoxy) is 1. The zero-order chi connectivity index (χ0) is 31.1. The van der Waals surface area contributed by atoms with Gasteiger partial charge in [0.1, 0.15) is 0 Å². The number of rotatable bonds is 32. The van der Waals surface area contributed by atoms with Crippen LogP contribution >= 0.6 is 12.2 Å². The van der Waals surface area contributed by atoms with Crippen LogP contribution in [0.25, 0.3) is 0 Å². The first-order valence-corrected chi connectivity index (χ1v) is 19.7. The minimum Gasteiger partial charge on any atom is -0.418 e. The van der Waals surface area contributed by atoms with Crippen LogP contribution in [-0.4, -0.2) is 11.0 Å². The molecule has 0 unspecified atom stereocenters. The Morgan fingerprint density at radius 3 is 1.05 bits per heavy atom. The molecule has 0 atom stereocenters. The molecule has 0 spiro atoms. The number of carbonyl (C=O) groups is 1. The quantitative estimate of drug-likeness (QED) is 0.0325. The molecule has 0 aliphatic carbocycles. The molecular formula is C40H72O2S. The molecule has 0 amide bonds. The molecule has 0 bridgehead atoms. The third kappa shape index (κ3) is 23.1. The standard InChI is InChI=1S/C40H72O2S/c1-3-5-7-9-11-13-15-17-19-21-23-25-27-29-31-33-35-40(37-38(41)42-39(40)43)36-34-32-30-28-26-24-22-20-18-16-14-12-10-8-6-4-2/h33-36H,3-32,37H2,1-2H3. The third-order valence-electron chi connectivity index (χ3n) is 9.30. The lowest BCUT2D eigenvalue weighted by Gasteiger charge is -2.17. The number of cyclic esters (lactones) is 1. The summed E-state index contributed by atoms with van der Waals surface area (Å²) in [6.07, 6.45) is 50.1. The summed E-state index contributed by atoms with van der Waals surface area (Å²) in [4.78, 5) is 12.0. The normalized spacial score (nSPS) is 17.2. The number of allylic oxidation sites excluding steroid dienone is 2. The molecule has 3 heteroatoms. The molecule has 250 valence electrons. The van der Waals surface area contributed by atoms with E-state index in [-0.39, 0.29) is 5.97 Å². The van der Waals surface area contributed by atoms with Gasteiger partial charge >= 0.3 is 5.97 Å². The Labute approximate surface area is 274 Å². The van der Waals surface area contributed by atoms with E-state index in [1.165, 1.54) is 180 Å². The lowest BCUT2D eigenvalue weighted by Crippen LogP contribution is -2.19. The van der Waals surface area contributed by atoms with Crippen molar-refractivity contribution in [3.8, 4) is 0 Å². The molecule has 1 saturated heterocycles. The monoisotopic (exact) mass is 617 g/mol. The van der Waals surface area contributed by atoms with Gasteiger partial charge in [0, 0.05) is 0 Å². The molecule has 0 aromatic heterocycles. The van der Waals surface area contributed by atoms with Gasteiger partial charge in [0.15, 0.2) is 5.05 Å². The van der Waals surface area contributed by atoms with Crippen LogP contribution in [0.1, 0.15) is 213 Å². The van der Waals surface area contributed by atoms with Gasteiger partial charge in [-0.1, -0.05) is 205 Å². The predicted octanol–water partition coefficient (Wildman–Crippen LogP) is 14.1. The molecule has 0 radical (unpaired) electrons. The number of hydrogen-bond acceptors (Lipinski definition) is 3. The number of unbranched alkanes of at least 4 members (excludes halogenated alkanes) is 28. The van der Waals surface area contributed by atoms with E-state index in [0.29, 0.717) is 11.5 Å². The van der Waals surface area contributed by atoms with E-state index in [1.807, 2.05) is 0 Å². The largest absolute Gasteiger partial charge is 0.418 e. The predicted molar refractivity (Wildman–Crippen MR) is 194 cm³/mol. The van der Waals surface area contributed by atoms with Crippen molar-refractivity contribution in [2.45, 2.75) is 213 Å². The SMILES string of the molecule is CCCCCCCCCCCCCCCCC=CC1(C=CCCCCCCCCCCCCCCCC)CC(=O)OC1=S. The molecular weight excluding hydrogens is 545 g/mol. The molecule has 0 aromatic rings. The van der Waals surface area contributed by atoms with E-state index in [0.717, 1.165) is 12.8 Å². The van der Waals surface area contributed by atoms with E-state index >= 15 is 0 Å². The maximum atomic E-state index is 12.0. The summed E-state index contributed by atoms with van der Waals surface area (Å²) < 4.78 is 5.33. The van der Waals surface area contributed by atoms with Gasteiger partial charge in [-0.05, 0) is 37.9 Å². The zero-order valence-electron chi connectivity index (χ0n) is 29.0. The van der Waals surface area contributed by atoms with E-state index in [9.17, 15) is 4.79 Å². The van der Waals surface area contributed by atoms with Gasteiger partial charge in [-0.25, -0.2) is 0 Å². The van der Waals surface area contributed by atoms with Crippen LogP contribution in [0, 0.1) is 5.41 Å². The summed E-state index contributed by atoms with van der Waals surface area (Å²) in [5.41, 5.74) is -0.502. The fourth-order valence-electron chi connectivity index (χ4n) is 6.36. The first-order chi connectivity index (χ1) is 21.1. The minimum absolute atomic E-state index is 0.188. The highest BCUT2D eigenvalue weighted by Gasteiger charge is 2.41. The lowest BCUT2D eigenvalue weighted by atomic mass is 9.85. The summed E-state index contributed by atoms with van der Waals surface area (Å²) in [5.74, 6) is -0.188. The molecule has 1 aliphatic heterocycles. The smallest absolute Gasteiger partial charge is 0.313 e. The summed E-state index contributed by atoms with van der Waals surface area (Å²) >= 11 is 5.50. The van der Waals surface area contributed by atoms with Crippen LogP contribution in [0.5, 0.6) is 0 Å². The molecule has 1 heterocycles. The van der Waals surface area contributed by atoms with Crippen LogP contribution in [0.2, 0.25) is 0 Å². The number of carbonyl (C=O) groups excluding carboxylic acids is 1. The molecule has 0 N–H and O–H groups in total. The average Bonchev–Trinajstić information content (AvgIpc) is 3.28. The number of thiocarbonyl (C=S) groups is 1. The van der Waals surface area contributed by atoms with Crippen molar-refractivity contribution in [1.29, 1.82) is 0 Å². The van der Waals surface area contributed by atoms with Crippen molar-refractivity contribution in [2.75, 3.05) is 0 Å². The van der Waals surface area contributed by atoms with Crippen LogP contribution in [0.4, 0.5) is 0 Å². The summed E-state index contributed by atoms with van der Waals surface area (Å²) in [5, 5.41) is 0.437. The fourth-order valence-corrected chi connectivity index (χ4v) is 6.66. The zero-order valence-corrected chi connectivity index (χ0v) is 29.8. The molecule has 1 fully saturated rings. The van der Waals surface area contributed by atoms with Gasteiger partial charge in [-0.3, -0.25) is 4.79 Å². The highest BCUT2D eigenvalue weighted by atomic mass is 32.1. The van der Waals surface area contributed by atoms with Gasteiger partial charge in [-0.2, -0.15) is 0 Å². The lowest BCUT2D eigenvalue weighted by molar-refractivity contribution is -0.133. The Morgan fingerprint density at radius 1 is 0.512 bits per heavy atom. The molecule has 0 aromatic carbocycles. The fraction of sp³-hybridized carbons (Fsp3) is 0.850. The van der Waals surface area contributed by atoms with Crippen molar-refractivity contribution in [1.82, 2.24) is 0 Å². The maximum absolute atomic E-state index is 12.0. The molecule has 0 saturated carbocycles. The van der Waals surface area contributed by atoms with Crippen LogP contribution in [0.3, 0.4) is 0 Å². The van der Waals surface area contributed by atoms with Crippen molar-refractivity contribution < 1.29 is 9.53 Å². The van der Waals surface area contributed by atoms with Gasteiger partial charge < -0.3 is 4.74 Å². The first kappa shape index (κ1) is 40.1. The third-order valence-corrected chi connectivity index (χ3v) is 9.77. The van der Waals surface area contributed by atoms with E-state index in [4.69, 9.17) is 17.0 Å². The Balaban J connectivity index is 2.07. The minimum atomic E-state index is -0.502. The topological polar surface area (TPSA) is 26.3 Å². The van der Waals surface area contributed by atoms with Gasteiger partial charge in [0.2, 0.25) is 0 Å². The highest BCUT2D eigenvalue weighted by molar-refractivity contribution is 7.80. The second-order valence-electron chi connectivity index (χ2n) is 13.6. The maximum Gasteiger partial charge on any atom is 0.313 e. The van der Waals surface area contributed by atoms with E-state index in [2.05, 4.69) is 38.2 Å². The van der Waals surface area contributed by atoms with Gasteiger partial charge in [0.25, 0.3) is 0 Å². The summed E-state index contributed by atoms with van der Waals surface area (Å²) in [6.45, 7) is 4.58. The highest BCUT2D eigenvalue weighted by Crippen LogP contribution is 2.36. The van der Waals surface area contributed by atoms with Gasteiger partial charge in [0.05, 0.1) is 11.8 Å². The Morgan fingerprint density at radius 2 is 0.791 bits per heavy atom. The summed E-state index contributed by atoms with van der Waals surface area (Å²) in [6, 6.07) is 0. The summed E-state index contributed by atoms with van der Waals surface area (Å²) in [7, 11) is 0. The molecule has 43 heavy (non-hydrogen) atoms. The van der Waals surface area contributed by atoms with Crippen molar-refractivity contribution in [3.05, 3.63) is 24.3 Å². The van der Waals surface area contributed by atoms with Crippen molar-refractivity contribution in [2.24, 2.45) is 5.41 Å². The number of hydrogen-bond donors (Lipinski definition) is 0. The molecule has 1 aliphatic rings. The average molecular weight is 617 g/mol. The number of esters is 1. The van der Waals surface area contributed by atoms with Crippen molar-refractivity contribution in [3.63, 3.8) is 0 Å². The van der Waals surface area contributed by atoms with E-state index < -0.39 is 5.41 Å². The Hall–Kier alpha value is -0.960. The Kier molecular flexibility index (Phi) is 27.7. The van der Waals surface area contributed by atoms with Crippen LogP contribution in [-0.2, 0) is 9.53 Å². The second kappa shape index (κ2) is 29.7. The van der Waals surface area contributed by atoms with Crippen molar-refractivity contribution >= 4 is 23.2 Å². The molecule has 1 rings (SSSR count). The van der Waals surface area contributed by atoms with Crippen LogP contribution in [0.15, 0.2) is 24.3 Å². The second-order valence-corrected chi connectivity index (χ2v) is 13.9. The molecule has 2 nitrogen and oxygen atoms in total. The van der Waals surface area contributed by atoms with Gasteiger partial charge in [-0.15, -0.1) is 0 Å².